The van der Waals surface area contributed by atoms with Crippen LogP contribution in [-0.2, 0) is 4.79 Å². The SMILES string of the molecule is CCC[C@@H](C(=O)NN)N1c2ccc(F)cc2C(C)=CC1(C)C. The van der Waals surface area contributed by atoms with Crippen molar-refractivity contribution in [1.82, 2.24) is 5.43 Å². The van der Waals surface area contributed by atoms with E-state index in [-0.39, 0.29) is 17.3 Å². The number of carbonyl (C=O) groups excluding carboxylic acids is 1. The topological polar surface area (TPSA) is 58.4 Å². The molecule has 0 unspecified atom stereocenters. The molecule has 0 saturated carbocycles. The van der Waals surface area contributed by atoms with Crippen LogP contribution >= 0.6 is 0 Å². The Hall–Kier alpha value is -1.88. The van der Waals surface area contributed by atoms with Crippen LogP contribution in [0.5, 0.6) is 0 Å². The molecule has 1 aliphatic heterocycles. The number of allylic oxidation sites excluding steroid dienone is 1. The lowest BCUT2D eigenvalue weighted by atomic mass is 9.86. The van der Waals surface area contributed by atoms with Crippen molar-refractivity contribution in [3.8, 4) is 0 Å². The number of nitrogens with two attached hydrogens (primary N) is 1. The van der Waals surface area contributed by atoms with E-state index in [2.05, 4.69) is 25.3 Å². The molecule has 0 aromatic heterocycles. The summed E-state index contributed by atoms with van der Waals surface area (Å²) in [5, 5.41) is 0. The van der Waals surface area contributed by atoms with Gasteiger partial charge in [0, 0.05) is 11.3 Å². The van der Waals surface area contributed by atoms with Crippen LogP contribution in [-0.4, -0.2) is 17.5 Å². The summed E-state index contributed by atoms with van der Waals surface area (Å²) in [6.45, 7) is 8.10. The van der Waals surface area contributed by atoms with Gasteiger partial charge in [-0.3, -0.25) is 10.2 Å². The smallest absolute Gasteiger partial charge is 0.256 e. The van der Waals surface area contributed by atoms with E-state index in [1.165, 1.54) is 12.1 Å². The monoisotopic (exact) mass is 305 g/mol. The molecule has 2 rings (SSSR count). The van der Waals surface area contributed by atoms with Crippen molar-refractivity contribution in [2.75, 3.05) is 4.90 Å². The van der Waals surface area contributed by atoms with Crippen LogP contribution in [0.25, 0.3) is 5.57 Å². The fourth-order valence-corrected chi connectivity index (χ4v) is 3.34. The number of amides is 1. The summed E-state index contributed by atoms with van der Waals surface area (Å²) < 4.78 is 13.6. The third kappa shape index (κ3) is 2.86. The molecule has 0 radical (unpaired) electrons. The molecule has 22 heavy (non-hydrogen) atoms. The average molecular weight is 305 g/mol. The summed E-state index contributed by atoms with van der Waals surface area (Å²) in [5.41, 5.74) is 4.61. The first kappa shape index (κ1) is 16.5. The summed E-state index contributed by atoms with van der Waals surface area (Å²) in [5.74, 6) is 4.87. The maximum absolute atomic E-state index is 13.6. The Kier molecular flexibility index (Phi) is 4.56. The number of halogens is 1. The number of carbonyl (C=O) groups is 1. The van der Waals surface area contributed by atoms with E-state index in [9.17, 15) is 9.18 Å². The van der Waals surface area contributed by atoms with Crippen LogP contribution < -0.4 is 16.2 Å². The Labute approximate surface area is 131 Å². The molecule has 0 spiro atoms. The van der Waals surface area contributed by atoms with Gasteiger partial charge in [0.1, 0.15) is 11.9 Å². The first-order valence-electron chi connectivity index (χ1n) is 7.61. The number of benzene rings is 1. The zero-order valence-electron chi connectivity index (χ0n) is 13.6. The molecule has 1 aliphatic rings. The Bertz CT molecular complexity index is 610. The Morgan fingerprint density at radius 3 is 2.73 bits per heavy atom. The van der Waals surface area contributed by atoms with E-state index in [1.54, 1.807) is 6.07 Å². The highest BCUT2D eigenvalue weighted by Gasteiger charge is 2.38. The highest BCUT2D eigenvalue weighted by atomic mass is 19.1. The van der Waals surface area contributed by atoms with Gasteiger partial charge in [-0.2, -0.15) is 0 Å². The van der Waals surface area contributed by atoms with Crippen molar-refractivity contribution >= 4 is 17.2 Å². The highest BCUT2D eigenvalue weighted by Crippen LogP contribution is 2.41. The van der Waals surface area contributed by atoms with Gasteiger partial charge in [-0.05, 0) is 51.0 Å². The van der Waals surface area contributed by atoms with Gasteiger partial charge in [0.25, 0.3) is 5.91 Å². The van der Waals surface area contributed by atoms with E-state index in [4.69, 9.17) is 5.84 Å². The lowest BCUT2D eigenvalue weighted by Crippen LogP contribution is -2.57. The number of nitrogens with zero attached hydrogens (tertiary/aromatic N) is 1. The van der Waals surface area contributed by atoms with Crippen LogP contribution in [0.4, 0.5) is 10.1 Å². The van der Waals surface area contributed by atoms with Gasteiger partial charge in [0.15, 0.2) is 0 Å². The molecule has 0 bridgehead atoms. The predicted molar refractivity (Wildman–Crippen MR) is 87.6 cm³/mol. The molecule has 1 atom stereocenters. The minimum absolute atomic E-state index is 0.224. The van der Waals surface area contributed by atoms with E-state index in [0.29, 0.717) is 6.42 Å². The maximum Gasteiger partial charge on any atom is 0.256 e. The molecule has 3 N–H and O–H groups in total. The second-order valence-corrected chi connectivity index (χ2v) is 6.33. The molecule has 0 aliphatic carbocycles. The van der Waals surface area contributed by atoms with E-state index in [0.717, 1.165) is 23.2 Å². The van der Waals surface area contributed by atoms with Crippen LogP contribution in [0.15, 0.2) is 24.3 Å². The summed E-state index contributed by atoms with van der Waals surface area (Å²) in [6, 6.07) is 4.31. The summed E-state index contributed by atoms with van der Waals surface area (Å²) in [7, 11) is 0. The van der Waals surface area contributed by atoms with E-state index in [1.807, 2.05) is 18.7 Å². The van der Waals surface area contributed by atoms with Crippen LogP contribution in [0.1, 0.15) is 46.1 Å². The Morgan fingerprint density at radius 2 is 2.14 bits per heavy atom. The highest BCUT2D eigenvalue weighted by molar-refractivity contribution is 5.89. The second-order valence-electron chi connectivity index (χ2n) is 6.33. The van der Waals surface area contributed by atoms with Crippen LogP contribution in [0.3, 0.4) is 0 Å². The number of fused-ring (bicyclic) bond motifs is 1. The number of anilines is 1. The average Bonchev–Trinajstić information content (AvgIpc) is 2.45. The van der Waals surface area contributed by atoms with Crippen molar-refractivity contribution in [2.24, 2.45) is 5.84 Å². The Balaban J connectivity index is 2.60. The van der Waals surface area contributed by atoms with Crippen molar-refractivity contribution < 1.29 is 9.18 Å². The fraction of sp³-hybridized carbons (Fsp3) is 0.471. The van der Waals surface area contributed by atoms with Gasteiger partial charge < -0.3 is 4.90 Å². The normalized spacial score (nSPS) is 17.5. The van der Waals surface area contributed by atoms with Crippen molar-refractivity contribution in [3.63, 3.8) is 0 Å². The lowest BCUT2D eigenvalue weighted by Gasteiger charge is -2.47. The maximum atomic E-state index is 13.6. The summed E-state index contributed by atoms with van der Waals surface area (Å²) >= 11 is 0. The molecule has 1 aromatic rings. The number of hydrazine groups is 1. The van der Waals surface area contributed by atoms with Gasteiger partial charge in [-0.25, -0.2) is 10.2 Å². The quantitative estimate of drug-likeness (QED) is 0.511. The minimum atomic E-state index is -0.390. The van der Waals surface area contributed by atoms with Crippen molar-refractivity contribution in [2.45, 2.75) is 52.1 Å². The van der Waals surface area contributed by atoms with Crippen LogP contribution in [0.2, 0.25) is 0 Å². The zero-order valence-corrected chi connectivity index (χ0v) is 13.6. The molecular formula is C17H24FN3O. The first-order chi connectivity index (χ1) is 10.3. The van der Waals surface area contributed by atoms with Crippen LogP contribution in [0, 0.1) is 5.82 Å². The molecule has 0 saturated heterocycles. The van der Waals surface area contributed by atoms with Gasteiger partial charge in [-0.1, -0.05) is 19.4 Å². The molecule has 1 amide bonds. The summed E-state index contributed by atoms with van der Waals surface area (Å²) in [4.78, 5) is 14.3. The van der Waals surface area contributed by atoms with Crippen molar-refractivity contribution in [1.29, 1.82) is 0 Å². The molecule has 4 nitrogen and oxygen atoms in total. The first-order valence-corrected chi connectivity index (χ1v) is 7.61. The lowest BCUT2D eigenvalue weighted by molar-refractivity contribution is -0.122. The minimum Gasteiger partial charge on any atom is -0.350 e. The summed E-state index contributed by atoms with van der Waals surface area (Å²) in [6.07, 6.45) is 3.60. The molecule has 120 valence electrons. The second kappa shape index (κ2) is 6.08. The third-order valence-electron chi connectivity index (χ3n) is 4.15. The van der Waals surface area contributed by atoms with Gasteiger partial charge in [0.05, 0.1) is 5.54 Å². The van der Waals surface area contributed by atoms with E-state index >= 15 is 0 Å². The zero-order chi connectivity index (χ0) is 16.5. The fourth-order valence-electron chi connectivity index (χ4n) is 3.34. The molecular weight excluding hydrogens is 281 g/mol. The van der Waals surface area contributed by atoms with Crippen molar-refractivity contribution in [3.05, 3.63) is 35.7 Å². The Morgan fingerprint density at radius 1 is 1.45 bits per heavy atom. The molecule has 0 fully saturated rings. The van der Waals surface area contributed by atoms with Gasteiger partial charge >= 0.3 is 0 Å². The van der Waals surface area contributed by atoms with E-state index < -0.39 is 6.04 Å². The molecule has 5 heteroatoms. The molecule has 1 aromatic carbocycles. The number of nitrogens with one attached hydrogen (secondary N) is 1. The number of hydrogen-bond acceptors (Lipinski definition) is 3. The largest absolute Gasteiger partial charge is 0.350 e. The predicted octanol–water partition coefficient (Wildman–Crippen LogP) is 2.99. The van der Waals surface area contributed by atoms with Gasteiger partial charge in [-0.15, -0.1) is 0 Å². The number of hydrogen-bond donors (Lipinski definition) is 2. The standard InChI is InChI=1S/C17H24FN3O/c1-5-6-15(16(22)20-19)21-14-8-7-12(18)9-13(14)11(2)10-17(21,3)4/h7-10,15H,5-6,19H2,1-4H3,(H,20,22)/t15-/m0/s1. The number of rotatable bonds is 4. The molecule has 1 heterocycles. The van der Waals surface area contributed by atoms with Gasteiger partial charge in [0.2, 0.25) is 0 Å². The third-order valence-corrected chi connectivity index (χ3v) is 4.15.